The Morgan fingerprint density at radius 2 is 1.93 bits per heavy atom. The van der Waals surface area contributed by atoms with Crippen LogP contribution in [0.3, 0.4) is 0 Å². The van der Waals surface area contributed by atoms with Gasteiger partial charge in [-0.05, 0) is 19.3 Å². The molecule has 0 aromatic rings. The van der Waals surface area contributed by atoms with Gasteiger partial charge in [0.15, 0.2) is 5.90 Å². The zero-order valence-electron chi connectivity index (χ0n) is 9.75. The molecule has 0 aromatic heterocycles. The van der Waals surface area contributed by atoms with Crippen LogP contribution in [0.5, 0.6) is 0 Å². The third kappa shape index (κ3) is 3.00. The number of hydrogen-bond donors (Lipinski definition) is 0. The van der Waals surface area contributed by atoms with E-state index in [0.717, 1.165) is 25.2 Å². The van der Waals surface area contributed by atoms with E-state index in [1.165, 1.54) is 19.3 Å². The average molecular weight is 197 g/mol. The van der Waals surface area contributed by atoms with Gasteiger partial charge in [0.25, 0.3) is 0 Å². The third-order valence-corrected chi connectivity index (χ3v) is 2.84. The molecule has 1 aliphatic heterocycles. The smallest absolute Gasteiger partial charge is 0.184 e. The molecule has 0 saturated carbocycles. The van der Waals surface area contributed by atoms with Gasteiger partial charge in [0.05, 0.1) is 6.04 Å². The average Bonchev–Trinajstić information content (AvgIpc) is 2.61. The summed E-state index contributed by atoms with van der Waals surface area (Å²) in [6.45, 7) is 6.59. The van der Waals surface area contributed by atoms with Crippen molar-refractivity contribution in [1.82, 2.24) is 0 Å². The second-order valence-electron chi connectivity index (χ2n) is 4.02. The van der Waals surface area contributed by atoms with Gasteiger partial charge in [0.1, 0.15) is 6.10 Å². The summed E-state index contributed by atoms with van der Waals surface area (Å²) in [5, 5.41) is 0. The number of aliphatic imine (C=N–C) groups is 1. The zero-order valence-corrected chi connectivity index (χ0v) is 9.75. The lowest BCUT2D eigenvalue weighted by molar-refractivity contribution is 0.180. The minimum absolute atomic E-state index is 0.358. The fourth-order valence-corrected chi connectivity index (χ4v) is 1.91. The predicted molar refractivity (Wildman–Crippen MR) is 60.8 cm³/mol. The van der Waals surface area contributed by atoms with Crippen LogP contribution in [0.4, 0.5) is 0 Å². The number of hydrogen-bond acceptors (Lipinski definition) is 2. The Hall–Kier alpha value is -0.530. The van der Waals surface area contributed by atoms with E-state index in [-0.39, 0.29) is 0 Å². The van der Waals surface area contributed by atoms with Crippen molar-refractivity contribution in [3.63, 3.8) is 0 Å². The van der Waals surface area contributed by atoms with Crippen molar-refractivity contribution in [1.29, 1.82) is 0 Å². The molecular formula is C12H23NO. The van der Waals surface area contributed by atoms with Gasteiger partial charge in [-0.25, -0.2) is 4.99 Å². The topological polar surface area (TPSA) is 21.6 Å². The molecule has 0 amide bonds. The lowest BCUT2D eigenvalue weighted by Gasteiger charge is -2.13. The highest BCUT2D eigenvalue weighted by Crippen LogP contribution is 2.21. The largest absolute Gasteiger partial charge is 0.475 e. The molecule has 2 atom stereocenters. The van der Waals surface area contributed by atoms with Gasteiger partial charge in [-0.2, -0.15) is 0 Å². The fraction of sp³-hybridized carbons (Fsp3) is 0.917. The molecule has 0 aromatic carbocycles. The van der Waals surface area contributed by atoms with Crippen molar-refractivity contribution < 1.29 is 4.74 Å². The molecule has 2 unspecified atom stereocenters. The first kappa shape index (κ1) is 11.5. The second kappa shape index (κ2) is 6.05. The van der Waals surface area contributed by atoms with Gasteiger partial charge in [0, 0.05) is 6.42 Å². The molecule has 0 aliphatic carbocycles. The summed E-state index contributed by atoms with van der Waals surface area (Å²) in [4.78, 5) is 4.63. The Morgan fingerprint density at radius 1 is 1.14 bits per heavy atom. The summed E-state index contributed by atoms with van der Waals surface area (Å²) in [5.74, 6) is 1.01. The van der Waals surface area contributed by atoms with Crippen LogP contribution in [-0.4, -0.2) is 18.0 Å². The molecule has 2 nitrogen and oxygen atoms in total. The molecule has 0 bridgehead atoms. The molecular weight excluding hydrogens is 174 g/mol. The van der Waals surface area contributed by atoms with Crippen LogP contribution in [-0.2, 0) is 4.74 Å². The molecule has 14 heavy (non-hydrogen) atoms. The summed E-state index contributed by atoms with van der Waals surface area (Å²) in [5.41, 5.74) is 0. The second-order valence-corrected chi connectivity index (χ2v) is 4.02. The van der Waals surface area contributed by atoms with Crippen molar-refractivity contribution >= 4 is 5.90 Å². The van der Waals surface area contributed by atoms with Crippen LogP contribution in [0.15, 0.2) is 4.99 Å². The Labute approximate surface area is 87.8 Å². The molecule has 82 valence electrons. The van der Waals surface area contributed by atoms with Crippen molar-refractivity contribution in [3.05, 3.63) is 0 Å². The van der Waals surface area contributed by atoms with Gasteiger partial charge in [-0.15, -0.1) is 0 Å². The van der Waals surface area contributed by atoms with Crippen LogP contribution in [0.25, 0.3) is 0 Å². The van der Waals surface area contributed by atoms with Crippen LogP contribution in [0.2, 0.25) is 0 Å². The summed E-state index contributed by atoms with van der Waals surface area (Å²) < 4.78 is 5.81. The first-order chi connectivity index (χ1) is 6.81. The fourth-order valence-electron chi connectivity index (χ4n) is 1.91. The maximum atomic E-state index is 5.81. The lowest BCUT2D eigenvalue weighted by Crippen LogP contribution is -2.20. The van der Waals surface area contributed by atoms with Crippen LogP contribution in [0, 0.1) is 0 Å². The molecule has 1 heterocycles. The predicted octanol–water partition coefficient (Wildman–Crippen LogP) is 3.55. The minimum Gasteiger partial charge on any atom is -0.475 e. The SMILES string of the molecule is CCCCCC1=NC(CC)C(CC)O1. The monoisotopic (exact) mass is 197 g/mol. The Bertz CT molecular complexity index is 189. The van der Waals surface area contributed by atoms with Crippen LogP contribution in [0.1, 0.15) is 59.3 Å². The van der Waals surface area contributed by atoms with Crippen LogP contribution < -0.4 is 0 Å². The van der Waals surface area contributed by atoms with Crippen molar-refractivity contribution in [3.8, 4) is 0 Å². The maximum absolute atomic E-state index is 5.81. The van der Waals surface area contributed by atoms with E-state index in [0.29, 0.717) is 12.1 Å². The van der Waals surface area contributed by atoms with Crippen LogP contribution >= 0.6 is 0 Å². The highest BCUT2D eigenvalue weighted by molar-refractivity contribution is 5.78. The normalized spacial score (nSPS) is 26.1. The van der Waals surface area contributed by atoms with E-state index < -0.39 is 0 Å². The molecule has 1 rings (SSSR count). The summed E-state index contributed by atoms with van der Waals surface area (Å²) in [6.07, 6.45) is 7.37. The maximum Gasteiger partial charge on any atom is 0.184 e. The molecule has 1 aliphatic rings. The van der Waals surface area contributed by atoms with Gasteiger partial charge >= 0.3 is 0 Å². The molecule has 2 heteroatoms. The van der Waals surface area contributed by atoms with Gasteiger partial charge in [-0.1, -0.05) is 33.6 Å². The lowest BCUT2D eigenvalue weighted by atomic mass is 10.1. The standard InChI is InChI=1S/C12H23NO/c1-4-7-8-9-12-13-10(5-2)11(6-3)14-12/h10-11H,4-9H2,1-3H3. The number of ether oxygens (including phenoxy) is 1. The van der Waals surface area contributed by atoms with Gasteiger partial charge in [0.2, 0.25) is 0 Å². The molecule has 0 radical (unpaired) electrons. The first-order valence-electron chi connectivity index (χ1n) is 6.05. The van der Waals surface area contributed by atoms with Gasteiger partial charge in [-0.3, -0.25) is 0 Å². The molecule has 0 saturated heterocycles. The van der Waals surface area contributed by atoms with E-state index in [1.807, 2.05) is 0 Å². The van der Waals surface area contributed by atoms with E-state index in [9.17, 15) is 0 Å². The quantitative estimate of drug-likeness (QED) is 0.597. The Morgan fingerprint density at radius 3 is 2.43 bits per heavy atom. The van der Waals surface area contributed by atoms with E-state index >= 15 is 0 Å². The summed E-state index contributed by atoms with van der Waals surface area (Å²) in [6, 6.07) is 0.427. The van der Waals surface area contributed by atoms with Gasteiger partial charge < -0.3 is 4.74 Å². The molecule has 0 spiro atoms. The minimum atomic E-state index is 0.358. The highest BCUT2D eigenvalue weighted by Gasteiger charge is 2.27. The number of nitrogens with zero attached hydrogens (tertiary/aromatic N) is 1. The first-order valence-corrected chi connectivity index (χ1v) is 6.05. The highest BCUT2D eigenvalue weighted by atomic mass is 16.5. The summed E-state index contributed by atoms with van der Waals surface area (Å²) in [7, 11) is 0. The number of rotatable bonds is 6. The summed E-state index contributed by atoms with van der Waals surface area (Å²) >= 11 is 0. The number of unbranched alkanes of at least 4 members (excludes halogenated alkanes) is 2. The van der Waals surface area contributed by atoms with Crippen molar-refractivity contribution in [2.75, 3.05) is 0 Å². The Balaban J connectivity index is 2.33. The van der Waals surface area contributed by atoms with E-state index in [2.05, 4.69) is 25.8 Å². The van der Waals surface area contributed by atoms with Crippen molar-refractivity contribution in [2.45, 2.75) is 71.4 Å². The van der Waals surface area contributed by atoms with E-state index in [4.69, 9.17) is 4.74 Å². The van der Waals surface area contributed by atoms with E-state index in [1.54, 1.807) is 0 Å². The molecule has 0 fully saturated rings. The molecule has 0 N–H and O–H groups in total. The third-order valence-electron chi connectivity index (χ3n) is 2.84. The van der Waals surface area contributed by atoms with Crippen molar-refractivity contribution in [2.24, 2.45) is 4.99 Å². The zero-order chi connectivity index (χ0) is 10.4. The Kier molecular flexibility index (Phi) is 4.99.